The number of nitrogens with zero attached hydrogens (tertiary/aromatic N) is 3. The van der Waals surface area contributed by atoms with Gasteiger partial charge >= 0.3 is 0 Å². The Labute approximate surface area is 133 Å². The normalized spacial score (nSPS) is 15.6. The topological polar surface area (TPSA) is 118 Å². The van der Waals surface area contributed by atoms with Crippen molar-refractivity contribution >= 4 is 17.4 Å². The van der Waals surface area contributed by atoms with Crippen LogP contribution in [0.15, 0.2) is 30.3 Å². The molecule has 1 aliphatic rings. The second-order valence-electron chi connectivity index (χ2n) is 5.68. The van der Waals surface area contributed by atoms with Gasteiger partial charge in [-0.2, -0.15) is 0 Å². The first kappa shape index (κ1) is 15.1. The zero-order valence-corrected chi connectivity index (χ0v) is 12.6. The van der Waals surface area contributed by atoms with E-state index in [1.54, 1.807) is 18.2 Å². The van der Waals surface area contributed by atoms with Gasteiger partial charge in [0.2, 0.25) is 5.91 Å². The molecule has 5 N–H and O–H groups in total. The summed E-state index contributed by atoms with van der Waals surface area (Å²) in [5.41, 5.74) is 13.3. The van der Waals surface area contributed by atoms with Crippen molar-refractivity contribution in [2.24, 2.45) is 11.7 Å². The van der Waals surface area contributed by atoms with Gasteiger partial charge in [-0.25, -0.2) is 0 Å². The molecule has 0 aliphatic carbocycles. The summed E-state index contributed by atoms with van der Waals surface area (Å²) >= 11 is 0. The van der Waals surface area contributed by atoms with Crippen molar-refractivity contribution in [3.05, 3.63) is 30.3 Å². The fourth-order valence-electron chi connectivity index (χ4n) is 2.87. The van der Waals surface area contributed by atoms with Gasteiger partial charge < -0.3 is 21.5 Å². The molecule has 2 heterocycles. The molecule has 0 bridgehead atoms. The van der Waals surface area contributed by atoms with E-state index in [1.807, 2.05) is 12.1 Å². The highest BCUT2D eigenvalue weighted by Crippen LogP contribution is 2.32. The lowest BCUT2D eigenvalue weighted by Gasteiger charge is -2.32. The molecule has 0 atom stereocenters. The quantitative estimate of drug-likeness (QED) is 0.781. The Kier molecular flexibility index (Phi) is 4.01. The van der Waals surface area contributed by atoms with E-state index in [-0.39, 0.29) is 17.6 Å². The molecule has 1 aromatic carbocycles. The van der Waals surface area contributed by atoms with Crippen molar-refractivity contribution in [2.75, 3.05) is 23.7 Å². The minimum absolute atomic E-state index is 0.0834. The lowest BCUT2D eigenvalue weighted by molar-refractivity contribution is -0.122. The van der Waals surface area contributed by atoms with Gasteiger partial charge in [0.15, 0.2) is 5.82 Å². The minimum atomic E-state index is -0.250. The number of anilines is 2. The predicted molar refractivity (Wildman–Crippen MR) is 87.7 cm³/mol. The zero-order chi connectivity index (χ0) is 16.4. The van der Waals surface area contributed by atoms with E-state index < -0.39 is 0 Å². The predicted octanol–water partition coefficient (Wildman–Crippen LogP) is 1.13. The van der Waals surface area contributed by atoms with Crippen molar-refractivity contribution in [3.8, 4) is 17.0 Å². The number of phenolic OH excluding ortho intramolecular Hbond substituents is 1. The largest absolute Gasteiger partial charge is 0.507 e. The van der Waals surface area contributed by atoms with Gasteiger partial charge in [0.25, 0.3) is 0 Å². The van der Waals surface area contributed by atoms with Crippen molar-refractivity contribution in [2.45, 2.75) is 12.8 Å². The molecule has 0 saturated carbocycles. The number of amides is 1. The molecule has 23 heavy (non-hydrogen) atoms. The van der Waals surface area contributed by atoms with Crippen molar-refractivity contribution in [1.82, 2.24) is 10.2 Å². The number of aromatic nitrogens is 2. The molecule has 7 nitrogen and oxygen atoms in total. The lowest BCUT2D eigenvalue weighted by atomic mass is 9.96. The van der Waals surface area contributed by atoms with Gasteiger partial charge in [0.1, 0.15) is 5.75 Å². The number of para-hydroxylation sites is 1. The number of carbonyl (C=O) groups is 1. The second-order valence-corrected chi connectivity index (χ2v) is 5.68. The van der Waals surface area contributed by atoms with Gasteiger partial charge in [-0.1, -0.05) is 12.1 Å². The Morgan fingerprint density at radius 3 is 2.57 bits per heavy atom. The highest BCUT2D eigenvalue weighted by Gasteiger charge is 2.25. The maximum atomic E-state index is 11.3. The Bertz CT molecular complexity index is 726. The molecule has 7 heteroatoms. The third-order valence-corrected chi connectivity index (χ3v) is 4.22. The first-order valence-electron chi connectivity index (χ1n) is 7.52. The van der Waals surface area contributed by atoms with Crippen LogP contribution < -0.4 is 16.4 Å². The number of phenols is 1. The summed E-state index contributed by atoms with van der Waals surface area (Å²) in [6.45, 7) is 1.37. The fourth-order valence-corrected chi connectivity index (χ4v) is 2.87. The maximum absolute atomic E-state index is 11.3. The van der Waals surface area contributed by atoms with Crippen LogP contribution in [0.5, 0.6) is 5.75 Å². The van der Waals surface area contributed by atoms with E-state index in [9.17, 15) is 9.90 Å². The molecular weight excluding hydrogens is 294 g/mol. The van der Waals surface area contributed by atoms with E-state index in [0.717, 1.165) is 5.69 Å². The second kappa shape index (κ2) is 6.12. The van der Waals surface area contributed by atoms with Crippen LogP contribution >= 0.6 is 0 Å². The number of hydrogen-bond donors (Lipinski definition) is 3. The first-order valence-corrected chi connectivity index (χ1v) is 7.52. The van der Waals surface area contributed by atoms with Crippen LogP contribution in [0.3, 0.4) is 0 Å². The summed E-state index contributed by atoms with van der Waals surface area (Å²) in [6, 6.07) is 8.77. The Balaban J connectivity index is 1.88. The fraction of sp³-hybridized carbons (Fsp3) is 0.312. The molecule has 1 fully saturated rings. The van der Waals surface area contributed by atoms with Gasteiger partial charge in [-0.15, -0.1) is 10.2 Å². The number of primary amides is 1. The lowest BCUT2D eigenvalue weighted by Crippen LogP contribution is -2.39. The van der Waals surface area contributed by atoms with Gasteiger partial charge in [-0.05, 0) is 31.0 Å². The maximum Gasteiger partial charge on any atom is 0.220 e. The van der Waals surface area contributed by atoms with E-state index >= 15 is 0 Å². The molecular formula is C16H19N5O2. The van der Waals surface area contributed by atoms with E-state index in [0.29, 0.717) is 43.0 Å². The summed E-state index contributed by atoms with van der Waals surface area (Å²) < 4.78 is 0. The third-order valence-electron chi connectivity index (χ3n) is 4.22. The molecule has 1 saturated heterocycles. The summed E-state index contributed by atoms with van der Waals surface area (Å²) in [6.07, 6.45) is 1.39. The molecule has 0 radical (unpaired) electrons. The molecule has 1 amide bonds. The van der Waals surface area contributed by atoms with Crippen molar-refractivity contribution < 1.29 is 9.90 Å². The smallest absolute Gasteiger partial charge is 0.220 e. The summed E-state index contributed by atoms with van der Waals surface area (Å²) in [7, 11) is 0. The average molecular weight is 313 g/mol. The molecule has 0 spiro atoms. The van der Waals surface area contributed by atoms with Gasteiger partial charge in [0.05, 0.1) is 11.4 Å². The van der Waals surface area contributed by atoms with E-state index in [4.69, 9.17) is 11.5 Å². The van der Waals surface area contributed by atoms with Gasteiger partial charge in [-0.3, -0.25) is 4.79 Å². The van der Waals surface area contributed by atoms with Crippen LogP contribution in [0.2, 0.25) is 0 Å². The van der Waals surface area contributed by atoms with Crippen LogP contribution in [-0.4, -0.2) is 34.3 Å². The summed E-state index contributed by atoms with van der Waals surface area (Å²) in [5.74, 6) is 0.145. The zero-order valence-electron chi connectivity index (χ0n) is 12.6. The number of nitrogens with two attached hydrogens (primary N) is 2. The minimum Gasteiger partial charge on any atom is -0.507 e. The van der Waals surface area contributed by atoms with Crippen LogP contribution in [0.4, 0.5) is 11.5 Å². The standard InChI is InChI=1S/C16H19N5O2/c17-15-13(21-7-5-10(6-8-21)16(18)23)9-12(19-20-15)11-3-1-2-4-14(11)22/h1-4,9-10,22H,5-8H2,(H2,17,20)(H2,18,23). The number of carbonyl (C=O) groups excluding carboxylic acids is 1. The molecule has 0 unspecified atom stereocenters. The Morgan fingerprint density at radius 1 is 1.22 bits per heavy atom. The van der Waals surface area contributed by atoms with Gasteiger partial charge in [0, 0.05) is 24.6 Å². The van der Waals surface area contributed by atoms with Crippen LogP contribution in [0.25, 0.3) is 11.3 Å². The van der Waals surface area contributed by atoms with E-state index in [2.05, 4.69) is 15.1 Å². The first-order chi connectivity index (χ1) is 11.1. The van der Waals surface area contributed by atoms with Crippen LogP contribution in [-0.2, 0) is 4.79 Å². The van der Waals surface area contributed by atoms with Crippen molar-refractivity contribution in [1.29, 1.82) is 0 Å². The Hall–Kier alpha value is -2.83. The summed E-state index contributed by atoms with van der Waals surface area (Å²) in [5, 5.41) is 18.0. The van der Waals surface area contributed by atoms with Crippen LogP contribution in [0.1, 0.15) is 12.8 Å². The molecule has 3 rings (SSSR count). The summed E-state index contributed by atoms with van der Waals surface area (Å²) in [4.78, 5) is 13.3. The highest BCUT2D eigenvalue weighted by molar-refractivity contribution is 5.78. The van der Waals surface area contributed by atoms with Crippen molar-refractivity contribution in [3.63, 3.8) is 0 Å². The molecule has 120 valence electrons. The number of aromatic hydroxyl groups is 1. The average Bonchev–Trinajstić information content (AvgIpc) is 2.56. The monoisotopic (exact) mass is 313 g/mol. The molecule has 1 aliphatic heterocycles. The highest BCUT2D eigenvalue weighted by atomic mass is 16.3. The van der Waals surface area contributed by atoms with Crippen LogP contribution in [0, 0.1) is 5.92 Å². The Morgan fingerprint density at radius 2 is 1.91 bits per heavy atom. The number of benzene rings is 1. The number of hydrogen-bond acceptors (Lipinski definition) is 6. The number of rotatable bonds is 3. The van der Waals surface area contributed by atoms with E-state index in [1.165, 1.54) is 0 Å². The molecule has 2 aromatic rings. The SMILES string of the molecule is NC(=O)C1CCN(c2cc(-c3ccccc3O)nnc2N)CC1. The molecule has 1 aromatic heterocycles. The number of piperidine rings is 1. The third kappa shape index (κ3) is 3.03. The number of nitrogen functional groups attached to an aromatic ring is 1.